The molecule has 30 heavy (non-hydrogen) atoms. The zero-order valence-electron chi connectivity index (χ0n) is 17.9. The van der Waals surface area contributed by atoms with E-state index in [4.69, 9.17) is 9.26 Å². The Bertz CT molecular complexity index is 1040. The van der Waals surface area contributed by atoms with Gasteiger partial charge in [-0.2, -0.15) is 4.98 Å². The number of amides is 1. The quantitative estimate of drug-likeness (QED) is 0.577. The van der Waals surface area contributed by atoms with Crippen molar-refractivity contribution in [3.63, 3.8) is 0 Å². The summed E-state index contributed by atoms with van der Waals surface area (Å²) in [5.74, 6) is 1.93. The van der Waals surface area contributed by atoms with Crippen LogP contribution in [0.15, 0.2) is 47.0 Å². The minimum absolute atomic E-state index is 0.120. The molecule has 1 unspecified atom stereocenters. The molecule has 0 bridgehead atoms. The lowest BCUT2D eigenvalue weighted by Gasteiger charge is -2.23. The maximum atomic E-state index is 12.6. The van der Waals surface area contributed by atoms with Crippen molar-refractivity contribution in [1.29, 1.82) is 0 Å². The highest BCUT2D eigenvalue weighted by Gasteiger charge is 2.36. The van der Waals surface area contributed by atoms with Gasteiger partial charge >= 0.3 is 0 Å². The van der Waals surface area contributed by atoms with Crippen LogP contribution in [0.5, 0.6) is 5.75 Å². The predicted molar refractivity (Wildman–Crippen MR) is 114 cm³/mol. The molecular formula is C24H27N3O3. The van der Waals surface area contributed by atoms with E-state index < -0.39 is 0 Å². The van der Waals surface area contributed by atoms with E-state index >= 15 is 0 Å². The van der Waals surface area contributed by atoms with Crippen LogP contribution in [0.1, 0.15) is 55.3 Å². The molecule has 1 aromatic heterocycles. The van der Waals surface area contributed by atoms with Gasteiger partial charge in [0.25, 0.3) is 0 Å². The average molecular weight is 405 g/mol. The smallest absolute Gasteiger partial charge is 0.249 e. The van der Waals surface area contributed by atoms with Crippen molar-refractivity contribution in [1.82, 2.24) is 15.0 Å². The maximum Gasteiger partial charge on any atom is 0.249 e. The fourth-order valence-corrected chi connectivity index (χ4v) is 3.84. The van der Waals surface area contributed by atoms with Crippen molar-refractivity contribution in [3.8, 4) is 17.1 Å². The number of ether oxygens (including phenoxy) is 1. The second-order valence-corrected chi connectivity index (χ2v) is 8.15. The number of hydrogen-bond donors (Lipinski definition) is 0. The molecule has 1 saturated heterocycles. The molecule has 0 saturated carbocycles. The van der Waals surface area contributed by atoms with Crippen LogP contribution in [0.25, 0.3) is 11.4 Å². The highest BCUT2D eigenvalue weighted by Crippen LogP contribution is 2.34. The summed E-state index contributed by atoms with van der Waals surface area (Å²) in [6.07, 6.45) is 1.30. The third-order valence-corrected chi connectivity index (χ3v) is 5.38. The van der Waals surface area contributed by atoms with Crippen LogP contribution in [0.4, 0.5) is 0 Å². The van der Waals surface area contributed by atoms with Gasteiger partial charge in [0.2, 0.25) is 17.6 Å². The second kappa shape index (κ2) is 8.30. The Hall–Kier alpha value is -3.15. The van der Waals surface area contributed by atoms with Crippen molar-refractivity contribution >= 4 is 5.91 Å². The summed E-state index contributed by atoms with van der Waals surface area (Å²) in [6, 6.07) is 13.8. The number of likely N-dealkylation sites (tertiary alicyclic amines) is 1. The number of aromatic nitrogens is 2. The Balaban J connectivity index is 1.53. The van der Waals surface area contributed by atoms with Crippen molar-refractivity contribution in [3.05, 3.63) is 65.0 Å². The fraction of sp³-hybridized carbons (Fsp3) is 0.375. The molecule has 0 radical (unpaired) electrons. The molecule has 1 fully saturated rings. The van der Waals surface area contributed by atoms with Gasteiger partial charge in [-0.25, -0.2) is 0 Å². The summed E-state index contributed by atoms with van der Waals surface area (Å²) >= 11 is 0. The fourth-order valence-electron chi connectivity index (χ4n) is 3.84. The first-order valence-corrected chi connectivity index (χ1v) is 10.4. The first kappa shape index (κ1) is 20.1. The molecule has 1 aliphatic heterocycles. The SMILES string of the molecule is Cc1ccc(CN2C(=O)CCC2c2nc(-c3ccc(OC(C)C)cc3)no2)c(C)c1. The van der Waals surface area contributed by atoms with E-state index in [-0.39, 0.29) is 18.1 Å². The van der Waals surface area contributed by atoms with Gasteiger partial charge in [0.05, 0.1) is 6.10 Å². The lowest BCUT2D eigenvalue weighted by molar-refractivity contribution is -0.130. The number of benzene rings is 2. The summed E-state index contributed by atoms with van der Waals surface area (Å²) in [7, 11) is 0. The monoisotopic (exact) mass is 405 g/mol. The van der Waals surface area contributed by atoms with Crippen molar-refractivity contribution in [2.45, 2.75) is 59.2 Å². The molecule has 6 heteroatoms. The third kappa shape index (κ3) is 4.22. The Morgan fingerprint density at radius 3 is 2.63 bits per heavy atom. The third-order valence-electron chi connectivity index (χ3n) is 5.38. The number of carbonyl (C=O) groups excluding carboxylic acids is 1. The van der Waals surface area contributed by atoms with E-state index in [0.717, 1.165) is 16.9 Å². The van der Waals surface area contributed by atoms with Crippen LogP contribution in [-0.2, 0) is 11.3 Å². The van der Waals surface area contributed by atoms with Gasteiger partial charge < -0.3 is 14.2 Å². The summed E-state index contributed by atoms with van der Waals surface area (Å²) in [6.45, 7) is 8.68. The largest absolute Gasteiger partial charge is 0.491 e. The molecule has 1 aliphatic rings. The molecule has 4 rings (SSSR count). The first-order valence-electron chi connectivity index (χ1n) is 10.4. The summed E-state index contributed by atoms with van der Waals surface area (Å²) in [5, 5.41) is 4.15. The van der Waals surface area contributed by atoms with Gasteiger partial charge in [-0.05, 0) is 69.5 Å². The average Bonchev–Trinajstić information content (AvgIpc) is 3.31. The van der Waals surface area contributed by atoms with E-state index in [9.17, 15) is 4.79 Å². The van der Waals surface area contributed by atoms with Gasteiger partial charge in [-0.15, -0.1) is 0 Å². The number of rotatable bonds is 6. The molecule has 2 aromatic carbocycles. The Morgan fingerprint density at radius 1 is 1.17 bits per heavy atom. The standard InChI is InChI=1S/C24H27N3O3/c1-15(2)29-20-9-7-18(8-10-20)23-25-24(30-26-23)21-11-12-22(28)27(21)14-19-6-5-16(3)13-17(19)4/h5-10,13,15,21H,11-12,14H2,1-4H3. The normalized spacial score (nSPS) is 16.5. The van der Waals surface area contributed by atoms with Crippen LogP contribution < -0.4 is 4.74 Å². The number of hydrogen-bond acceptors (Lipinski definition) is 5. The Labute approximate surface area is 176 Å². The van der Waals surface area contributed by atoms with E-state index in [1.807, 2.05) is 43.0 Å². The molecule has 1 atom stereocenters. The molecule has 0 aliphatic carbocycles. The number of aryl methyl sites for hydroxylation is 2. The zero-order chi connectivity index (χ0) is 21.3. The molecule has 6 nitrogen and oxygen atoms in total. The van der Waals surface area contributed by atoms with Gasteiger partial charge in [-0.1, -0.05) is 28.9 Å². The summed E-state index contributed by atoms with van der Waals surface area (Å²) in [5.41, 5.74) is 4.39. The number of nitrogens with zero attached hydrogens (tertiary/aromatic N) is 3. The zero-order valence-corrected chi connectivity index (χ0v) is 17.9. The summed E-state index contributed by atoms with van der Waals surface area (Å²) < 4.78 is 11.3. The minimum atomic E-state index is -0.192. The molecule has 156 valence electrons. The van der Waals surface area contributed by atoms with Gasteiger partial charge in [0.1, 0.15) is 11.8 Å². The Kier molecular flexibility index (Phi) is 5.57. The van der Waals surface area contributed by atoms with E-state index in [1.54, 1.807) is 0 Å². The van der Waals surface area contributed by atoms with Gasteiger partial charge in [0.15, 0.2) is 0 Å². The topological polar surface area (TPSA) is 68.5 Å². The van der Waals surface area contributed by atoms with Gasteiger partial charge in [0, 0.05) is 18.5 Å². The molecular weight excluding hydrogens is 378 g/mol. The molecule has 1 amide bonds. The van der Waals surface area contributed by atoms with Crippen LogP contribution in [0.2, 0.25) is 0 Å². The van der Waals surface area contributed by atoms with Gasteiger partial charge in [-0.3, -0.25) is 4.79 Å². The highest BCUT2D eigenvalue weighted by molar-refractivity contribution is 5.79. The number of carbonyl (C=O) groups is 1. The van der Waals surface area contributed by atoms with Crippen molar-refractivity contribution in [2.24, 2.45) is 0 Å². The van der Waals surface area contributed by atoms with E-state index in [2.05, 4.69) is 42.2 Å². The van der Waals surface area contributed by atoms with Crippen LogP contribution in [-0.4, -0.2) is 27.1 Å². The molecule has 0 N–H and O–H groups in total. The van der Waals surface area contributed by atoms with Crippen LogP contribution in [0.3, 0.4) is 0 Å². The maximum absolute atomic E-state index is 12.6. The van der Waals surface area contributed by atoms with E-state index in [0.29, 0.717) is 31.1 Å². The van der Waals surface area contributed by atoms with Crippen molar-refractivity contribution in [2.75, 3.05) is 0 Å². The molecule has 3 aromatic rings. The van der Waals surface area contributed by atoms with E-state index in [1.165, 1.54) is 11.1 Å². The second-order valence-electron chi connectivity index (χ2n) is 8.15. The lowest BCUT2D eigenvalue weighted by Crippen LogP contribution is -2.27. The first-order chi connectivity index (χ1) is 14.4. The molecule has 2 heterocycles. The van der Waals surface area contributed by atoms with Crippen LogP contribution in [0, 0.1) is 13.8 Å². The highest BCUT2D eigenvalue weighted by atomic mass is 16.5. The van der Waals surface area contributed by atoms with Crippen molar-refractivity contribution < 1.29 is 14.1 Å². The predicted octanol–water partition coefficient (Wildman–Crippen LogP) is 5.00. The minimum Gasteiger partial charge on any atom is -0.491 e. The van der Waals surface area contributed by atoms with Crippen LogP contribution >= 0.6 is 0 Å². The lowest BCUT2D eigenvalue weighted by atomic mass is 10.0. The summed E-state index contributed by atoms with van der Waals surface area (Å²) in [4.78, 5) is 19.0. The molecule has 0 spiro atoms. The Morgan fingerprint density at radius 2 is 1.93 bits per heavy atom.